The molecule has 24 heavy (non-hydrogen) atoms. The first kappa shape index (κ1) is 20.8. The predicted octanol–water partition coefficient (Wildman–Crippen LogP) is 3.52. The molecule has 0 bridgehead atoms. The highest BCUT2D eigenvalue weighted by Gasteiger charge is 2.09. The molecular formula is C19H33N3OS. The van der Waals surface area contributed by atoms with E-state index < -0.39 is 0 Å². The molecule has 0 aliphatic carbocycles. The van der Waals surface area contributed by atoms with Gasteiger partial charge in [0.2, 0.25) is 0 Å². The van der Waals surface area contributed by atoms with Crippen molar-refractivity contribution in [3.63, 3.8) is 0 Å². The predicted molar refractivity (Wildman–Crippen MR) is 106 cm³/mol. The Balaban J connectivity index is 2.47. The molecular weight excluding hydrogens is 318 g/mol. The minimum absolute atomic E-state index is 0.245. The van der Waals surface area contributed by atoms with Gasteiger partial charge in [0.1, 0.15) is 0 Å². The zero-order valence-electron chi connectivity index (χ0n) is 15.3. The molecule has 1 aromatic rings. The van der Waals surface area contributed by atoms with E-state index in [2.05, 4.69) is 55.7 Å². The average molecular weight is 352 g/mol. The van der Waals surface area contributed by atoms with Crippen LogP contribution in [0.4, 0.5) is 0 Å². The summed E-state index contributed by atoms with van der Waals surface area (Å²) in [4.78, 5) is 6.00. The Morgan fingerprint density at radius 2 is 1.92 bits per heavy atom. The lowest BCUT2D eigenvalue weighted by Crippen LogP contribution is -2.40. The maximum atomic E-state index is 9.17. The molecule has 5 heteroatoms. The SMILES string of the molecule is CCCC(CCO)CN=C(NCC)NCC(C)Sc1ccccc1. The highest BCUT2D eigenvalue weighted by atomic mass is 32.2. The number of aliphatic hydroxyl groups excluding tert-OH is 1. The van der Waals surface area contributed by atoms with Gasteiger partial charge in [-0.05, 0) is 37.8 Å². The molecule has 136 valence electrons. The molecule has 0 aliphatic rings. The summed E-state index contributed by atoms with van der Waals surface area (Å²) in [5.74, 6) is 1.34. The van der Waals surface area contributed by atoms with Gasteiger partial charge in [0.25, 0.3) is 0 Å². The smallest absolute Gasteiger partial charge is 0.191 e. The number of hydrogen-bond donors (Lipinski definition) is 3. The number of benzene rings is 1. The monoisotopic (exact) mass is 351 g/mol. The summed E-state index contributed by atoms with van der Waals surface area (Å²) in [6.45, 7) is 9.21. The second kappa shape index (κ2) is 13.1. The minimum atomic E-state index is 0.245. The molecule has 0 aromatic heterocycles. The number of hydrogen-bond acceptors (Lipinski definition) is 3. The van der Waals surface area contributed by atoms with Crippen LogP contribution >= 0.6 is 11.8 Å². The van der Waals surface area contributed by atoms with Gasteiger partial charge in [-0.3, -0.25) is 4.99 Å². The van der Waals surface area contributed by atoms with Crippen molar-refractivity contribution >= 4 is 17.7 Å². The molecule has 2 atom stereocenters. The van der Waals surface area contributed by atoms with Gasteiger partial charge in [0.05, 0.1) is 0 Å². The molecule has 0 amide bonds. The van der Waals surface area contributed by atoms with Crippen molar-refractivity contribution < 1.29 is 5.11 Å². The molecule has 0 radical (unpaired) electrons. The third-order valence-electron chi connectivity index (χ3n) is 3.72. The molecule has 0 saturated heterocycles. The topological polar surface area (TPSA) is 56.7 Å². The zero-order valence-corrected chi connectivity index (χ0v) is 16.1. The number of aliphatic imine (C=N–C) groups is 1. The van der Waals surface area contributed by atoms with Gasteiger partial charge >= 0.3 is 0 Å². The zero-order chi connectivity index (χ0) is 17.6. The average Bonchev–Trinajstić information content (AvgIpc) is 2.58. The Hall–Kier alpha value is -1.20. The first-order valence-corrected chi connectivity index (χ1v) is 9.92. The van der Waals surface area contributed by atoms with Crippen LogP contribution < -0.4 is 10.6 Å². The standard InChI is InChI=1S/C19H33N3OS/c1-4-9-17(12-13-23)15-22-19(20-5-2)21-14-16(3)24-18-10-7-6-8-11-18/h6-8,10-11,16-17,23H,4-5,9,12-15H2,1-3H3,(H2,20,21,22). The summed E-state index contributed by atoms with van der Waals surface area (Å²) in [5.41, 5.74) is 0. The Labute approximate surface area is 151 Å². The molecule has 1 aromatic carbocycles. The Kier molecular flexibility index (Phi) is 11.4. The summed E-state index contributed by atoms with van der Waals surface area (Å²) in [6.07, 6.45) is 3.08. The number of nitrogens with zero attached hydrogens (tertiary/aromatic N) is 1. The van der Waals surface area contributed by atoms with Crippen molar-refractivity contribution in [2.24, 2.45) is 10.9 Å². The van der Waals surface area contributed by atoms with Crippen LogP contribution in [-0.4, -0.2) is 42.6 Å². The van der Waals surface area contributed by atoms with Crippen LogP contribution in [0.1, 0.15) is 40.0 Å². The minimum Gasteiger partial charge on any atom is -0.396 e. The van der Waals surface area contributed by atoms with E-state index in [9.17, 15) is 0 Å². The van der Waals surface area contributed by atoms with Gasteiger partial charge in [-0.25, -0.2) is 0 Å². The number of nitrogens with one attached hydrogen (secondary N) is 2. The van der Waals surface area contributed by atoms with Gasteiger partial charge in [-0.2, -0.15) is 0 Å². The van der Waals surface area contributed by atoms with Crippen molar-refractivity contribution in [1.29, 1.82) is 0 Å². The second-order valence-corrected chi connectivity index (χ2v) is 7.52. The van der Waals surface area contributed by atoms with E-state index in [0.29, 0.717) is 11.2 Å². The Morgan fingerprint density at radius 3 is 2.54 bits per heavy atom. The van der Waals surface area contributed by atoms with Crippen molar-refractivity contribution in [2.75, 3.05) is 26.2 Å². The molecule has 0 saturated carbocycles. The highest BCUT2D eigenvalue weighted by molar-refractivity contribution is 8.00. The first-order valence-electron chi connectivity index (χ1n) is 9.04. The largest absolute Gasteiger partial charge is 0.396 e. The van der Waals surface area contributed by atoms with E-state index in [4.69, 9.17) is 10.1 Å². The third kappa shape index (κ3) is 9.18. The van der Waals surface area contributed by atoms with Crippen molar-refractivity contribution in [3.8, 4) is 0 Å². The van der Waals surface area contributed by atoms with Crippen LogP contribution in [0.3, 0.4) is 0 Å². The maximum Gasteiger partial charge on any atom is 0.191 e. The molecule has 2 unspecified atom stereocenters. The molecule has 0 aliphatic heterocycles. The summed E-state index contributed by atoms with van der Waals surface area (Å²) in [7, 11) is 0. The molecule has 4 nitrogen and oxygen atoms in total. The van der Waals surface area contributed by atoms with Gasteiger partial charge in [-0.1, -0.05) is 38.5 Å². The van der Waals surface area contributed by atoms with Crippen LogP contribution in [0.2, 0.25) is 0 Å². The van der Waals surface area contributed by atoms with Gasteiger partial charge in [-0.15, -0.1) is 11.8 Å². The van der Waals surface area contributed by atoms with Crippen LogP contribution in [0.25, 0.3) is 0 Å². The van der Waals surface area contributed by atoms with Gasteiger partial charge < -0.3 is 15.7 Å². The molecule has 0 fully saturated rings. The lowest BCUT2D eigenvalue weighted by atomic mass is 10.0. The number of aliphatic hydroxyl groups is 1. The van der Waals surface area contributed by atoms with E-state index in [-0.39, 0.29) is 6.61 Å². The molecule has 0 spiro atoms. The second-order valence-electron chi connectivity index (χ2n) is 6.01. The lowest BCUT2D eigenvalue weighted by molar-refractivity contribution is 0.253. The third-order valence-corrected chi connectivity index (χ3v) is 4.84. The number of rotatable bonds is 11. The lowest BCUT2D eigenvalue weighted by Gasteiger charge is -2.17. The number of guanidine groups is 1. The molecule has 0 heterocycles. The summed E-state index contributed by atoms with van der Waals surface area (Å²) >= 11 is 1.87. The van der Waals surface area contributed by atoms with Crippen LogP contribution in [0.15, 0.2) is 40.2 Å². The van der Waals surface area contributed by atoms with E-state index >= 15 is 0 Å². The molecule has 1 rings (SSSR count). The Bertz CT molecular complexity index is 447. The quantitative estimate of drug-likeness (QED) is 0.324. The fourth-order valence-corrected chi connectivity index (χ4v) is 3.44. The van der Waals surface area contributed by atoms with E-state index in [1.165, 1.54) is 4.90 Å². The van der Waals surface area contributed by atoms with Gasteiger partial charge in [0, 0.05) is 36.4 Å². The maximum absolute atomic E-state index is 9.17. The normalized spacial score (nSPS) is 14.2. The summed E-state index contributed by atoms with van der Waals surface area (Å²) in [5, 5.41) is 16.4. The first-order chi connectivity index (χ1) is 11.7. The Morgan fingerprint density at radius 1 is 1.17 bits per heavy atom. The summed E-state index contributed by atoms with van der Waals surface area (Å²) < 4.78 is 0. The highest BCUT2D eigenvalue weighted by Crippen LogP contribution is 2.21. The van der Waals surface area contributed by atoms with Crippen LogP contribution in [-0.2, 0) is 0 Å². The van der Waals surface area contributed by atoms with Crippen molar-refractivity contribution in [3.05, 3.63) is 30.3 Å². The molecule has 3 N–H and O–H groups in total. The van der Waals surface area contributed by atoms with Crippen LogP contribution in [0, 0.1) is 5.92 Å². The van der Waals surface area contributed by atoms with Gasteiger partial charge in [0.15, 0.2) is 5.96 Å². The van der Waals surface area contributed by atoms with Crippen molar-refractivity contribution in [2.45, 2.75) is 50.2 Å². The van der Waals surface area contributed by atoms with E-state index in [1.54, 1.807) is 0 Å². The van der Waals surface area contributed by atoms with E-state index in [0.717, 1.165) is 44.9 Å². The number of thioether (sulfide) groups is 1. The fourth-order valence-electron chi connectivity index (χ4n) is 2.49. The summed E-state index contributed by atoms with van der Waals surface area (Å²) in [6, 6.07) is 10.5. The van der Waals surface area contributed by atoms with E-state index in [1.807, 2.05) is 17.8 Å². The van der Waals surface area contributed by atoms with Crippen molar-refractivity contribution in [1.82, 2.24) is 10.6 Å². The van der Waals surface area contributed by atoms with Crippen LogP contribution in [0.5, 0.6) is 0 Å². The fraction of sp³-hybridized carbons (Fsp3) is 0.632.